The van der Waals surface area contributed by atoms with Crippen LogP contribution in [0.4, 0.5) is 11.5 Å². The number of anilines is 2. The average Bonchev–Trinajstić information content (AvgIpc) is 2.71. The van der Waals surface area contributed by atoms with E-state index in [2.05, 4.69) is 10.3 Å². The molecule has 1 aliphatic carbocycles. The lowest BCUT2D eigenvalue weighted by Crippen LogP contribution is -2.18. The molecule has 1 heterocycles. The Balaban J connectivity index is 1.97. The Labute approximate surface area is 96.2 Å². The predicted octanol–water partition coefficient (Wildman–Crippen LogP) is 1.95. The number of nitrogens with zero attached hydrogens (tertiary/aromatic N) is 1. The van der Waals surface area contributed by atoms with Crippen molar-refractivity contribution in [1.82, 2.24) is 4.98 Å². The van der Waals surface area contributed by atoms with Crippen LogP contribution in [0.25, 0.3) is 0 Å². The molecule has 16 heavy (non-hydrogen) atoms. The van der Waals surface area contributed by atoms with Crippen molar-refractivity contribution >= 4 is 11.5 Å². The van der Waals surface area contributed by atoms with E-state index in [1.54, 1.807) is 13.3 Å². The number of methoxy groups -OCH3 is 1. The Morgan fingerprint density at radius 3 is 2.94 bits per heavy atom. The summed E-state index contributed by atoms with van der Waals surface area (Å²) in [6.45, 7) is 1.99. The smallest absolute Gasteiger partial charge is 0.126 e. The summed E-state index contributed by atoms with van der Waals surface area (Å²) in [5.41, 5.74) is 7.54. The SMILES string of the molecule is COC1CCC(Nc2cc(C)c(N)cn2)C1. The Kier molecular flexibility index (Phi) is 3.29. The highest BCUT2D eigenvalue weighted by Gasteiger charge is 2.24. The minimum atomic E-state index is 0.396. The number of nitrogen functional groups attached to an aromatic ring is 1. The van der Waals surface area contributed by atoms with Gasteiger partial charge in [-0.3, -0.25) is 0 Å². The molecule has 1 fully saturated rings. The molecule has 2 rings (SSSR count). The van der Waals surface area contributed by atoms with Gasteiger partial charge in [0.1, 0.15) is 5.82 Å². The van der Waals surface area contributed by atoms with Crippen LogP contribution in [0, 0.1) is 6.92 Å². The van der Waals surface area contributed by atoms with Gasteiger partial charge in [0.05, 0.1) is 18.0 Å². The number of aryl methyl sites for hydroxylation is 1. The van der Waals surface area contributed by atoms with E-state index in [4.69, 9.17) is 10.5 Å². The summed E-state index contributed by atoms with van der Waals surface area (Å²) in [5.74, 6) is 0.911. The highest BCUT2D eigenvalue weighted by atomic mass is 16.5. The van der Waals surface area contributed by atoms with Gasteiger partial charge in [-0.1, -0.05) is 0 Å². The van der Waals surface area contributed by atoms with E-state index in [0.29, 0.717) is 12.1 Å². The van der Waals surface area contributed by atoms with E-state index >= 15 is 0 Å². The number of nitrogens with one attached hydrogen (secondary N) is 1. The van der Waals surface area contributed by atoms with Crippen LogP contribution in [0.15, 0.2) is 12.3 Å². The molecule has 88 valence electrons. The number of hydrogen-bond donors (Lipinski definition) is 2. The fourth-order valence-corrected chi connectivity index (χ4v) is 2.14. The molecule has 4 heteroatoms. The summed E-state index contributed by atoms with van der Waals surface area (Å²) >= 11 is 0. The third-order valence-corrected chi connectivity index (χ3v) is 3.22. The highest BCUT2D eigenvalue weighted by molar-refractivity contribution is 5.51. The van der Waals surface area contributed by atoms with Crippen molar-refractivity contribution < 1.29 is 4.74 Å². The van der Waals surface area contributed by atoms with Gasteiger partial charge in [0.15, 0.2) is 0 Å². The van der Waals surface area contributed by atoms with Crippen molar-refractivity contribution in [3.63, 3.8) is 0 Å². The fourth-order valence-electron chi connectivity index (χ4n) is 2.14. The molecule has 4 nitrogen and oxygen atoms in total. The molecule has 0 saturated heterocycles. The average molecular weight is 221 g/mol. The van der Waals surface area contributed by atoms with Gasteiger partial charge in [-0.25, -0.2) is 4.98 Å². The summed E-state index contributed by atoms with van der Waals surface area (Å²) in [6.07, 6.45) is 5.43. The molecule has 0 bridgehead atoms. The van der Waals surface area contributed by atoms with Gasteiger partial charge in [0.25, 0.3) is 0 Å². The molecular formula is C12H19N3O. The molecule has 3 N–H and O–H groups in total. The van der Waals surface area contributed by atoms with Crippen molar-refractivity contribution in [3.8, 4) is 0 Å². The van der Waals surface area contributed by atoms with E-state index in [1.165, 1.54) is 0 Å². The van der Waals surface area contributed by atoms with Crippen molar-refractivity contribution in [2.24, 2.45) is 0 Å². The van der Waals surface area contributed by atoms with Crippen LogP contribution in [0.1, 0.15) is 24.8 Å². The lowest BCUT2D eigenvalue weighted by Gasteiger charge is -2.14. The Morgan fingerprint density at radius 2 is 2.31 bits per heavy atom. The molecule has 1 aromatic rings. The van der Waals surface area contributed by atoms with E-state index < -0.39 is 0 Å². The minimum absolute atomic E-state index is 0.396. The van der Waals surface area contributed by atoms with Crippen LogP contribution in [0.3, 0.4) is 0 Å². The number of nitrogens with two attached hydrogens (primary N) is 1. The first-order chi connectivity index (χ1) is 7.69. The summed E-state index contributed by atoms with van der Waals surface area (Å²) in [7, 11) is 1.78. The minimum Gasteiger partial charge on any atom is -0.397 e. The topological polar surface area (TPSA) is 60.2 Å². The first-order valence-electron chi connectivity index (χ1n) is 5.70. The number of hydrogen-bond acceptors (Lipinski definition) is 4. The van der Waals surface area contributed by atoms with E-state index in [9.17, 15) is 0 Å². The maximum atomic E-state index is 5.73. The molecule has 1 saturated carbocycles. The first-order valence-corrected chi connectivity index (χ1v) is 5.70. The van der Waals surface area contributed by atoms with Gasteiger partial charge in [0, 0.05) is 13.2 Å². The molecule has 0 spiro atoms. The zero-order chi connectivity index (χ0) is 11.5. The zero-order valence-electron chi connectivity index (χ0n) is 9.86. The first kappa shape index (κ1) is 11.2. The van der Waals surface area contributed by atoms with E-state index in [0.717, 1.165) is 36.3 Å². The normalized spacial score (nSPS) is 24.6. The number of pyridine rings is 1. The van der Waals surface area contributed by atoms with Gasteiger partial charge in [0.2, 0.25) is 0 Å². The largest absolute Gasteiger partial charge is 0.397 e. The second kappa shape index (κ2) is 4.70. The van der Waals surface area contributed by atoms with Crippen molar-refractivity contribution in [2.75, 3.05) is 18.2 Å². The highest BCUT2D eigenvalue weighted by Crippen LogP contribution is 2.24. The standard InChI is InChI=1S/C12H19N3O/c1-8-5-12(14-7-11(8)13)15-9-3-4-10(6-9)16-2/h5,7,9-10H,3-4,6,13H2,1-2H3,(H,14,15). The summed E-state index contributed by atoms with van der Waals surface area (Å²) in [4.78, 5) is 4.28. The maximum Gasteiger partial charge on any atom is 0.126 e. The van der Waals surface area contributed by atoms with Gasteiger partial charge in [-0.05, 0) is 37.8 Å². The fraction of sp³-hybridized carbons (Fsp3) is 0.583. The molecule has 0 aliphatic heterocycles. The van der Waals surface area contributed by atoms with Gasteiger partial charge < -0.3 is 15.8 Å². The lowest BCUT2D eigenvalue weighted by atomic mass is 10.2. The molecule has 2 unspecified atom stereocenters. The number of ether oxygens (including phenoxy) is 1. The molecule has 0 amide bonds. The van der Waals surface area contributed by atoms with Crippen LogP contribution >= 0.6 is 0 Å². The van der Waals surface area contributed by atoms with Crippen molar-refractivity contribution in [3.05, 3.63) is 17.8 Å². The maximum absolute atomic E-state index is 5.73. The molecule has 0 aromatic carbocycles. The van der Waals surface area contributed by atoms with Crippen LogP contribution in [0.2, 0.25) is 0 Å². The third-order valence-electron chi connectivity index (χ3n) is 3.22. The molecule has 0 radical (unpaired) electrons. The van der Waals surface area contributed by atoms with Gasteiger partial charge in [-0.2, -0.15) is 0 Å². The molecule has 2 atom stereocenters. The molecule has 1 aromatic heterocycles. The summed E-state index contributed by atoms with van der Waals surface area (Å²) in [5, 5.41) is 3.43. The Hall–Kier alpha value is -1.29. The van der Waals surface area contributed by atoms with Crippen LogP contribution in [-0.4, -0.2) is 24.2 Å². The third kappa shape index (κ3) is 2.44. The number of rotatable bonds is 3. The Morgan fingerprint density at radius 1 is 1.50 bits per heavy atom. The van der Waals surface area contributed by atoms with Crippen molar-refractivity contribution in [1.29, 1.82) is 0 Å². The van der Waals surface area contributed by atoms with Gasteiger partial charge >= 0.3 is 0 Å². The zero-order valence-corrected chi connectivity index (χ0v) is 9.86. The molecular weight excluding hydrogens is 202 g/mol. The molecule has 1 aliphatic rings. The van der Waals surface area contributed by atoms with E-state index in [-0.39, 0.29) is 0 Å². The lowest BCUT2D eigenvalue weighted by molar-refractivity contribution is 0.108. The van der Waals surface area contributed by atoms with Crippen LogP contribution < -0.4 is 11.1 Å². The Bertz CT molecular complexity index is 367. The quantitative estimate of drug-likeness (QED) is 0.819. The number of aromatic nitrogens is 1. The van der Waals surface area contributed by atoms with E-state index in [1.807, 2.05) is 13.0 Å². The second-order valence-corrected chi connectivity index (χ2v) is 4.44. The van der Waals surface area contributed by atoms with Crippen LogP contribution in [-0.2, 0) is 4.74 Å². The monoisotopic (exact) mass is 221 g/mol. The summed E-state index contributed by atoms with van der Waals surface area (Å²) in [6, 6.07) is 2.47. The summed E-state index contributed by atoms with van der Waals surface area (Å²) < 4.78 is 5.34. The predicted molar refractivity (Wildman–Crippen MR) is 65.4 cm³/mol. The van der Waals surface area contributed by atoms with Crippen molar-refractivity contribution in [2.45, 2.75) is 38.3 Å². The van der Waals surface area contributed by atoms with Crippen LogP contribution in [0.5, 0.6) is 0 Å². The van der Waals surface area contributed by atoms with Gasteiger partial charge in [-0.15, -0.1) is 0 Å². The second-order valence-electron chi connectivity index (χ2n) is 4.44.